The van der Waals surface area contributed by atoms with Crippen LogP contribution < -0.4 is 0 Å². The summed E-state index contributed by atoms with van der Waals surface area (Å²) in [5.41, 5.74) is 0. The van der Waals surface area contributed by atoms with E-state index >= 15 is 0 Å². The number of hydrogen-bond donors (Lipinski definition) is 0. The van der Waals surface area contributed by atoms with Gasteiger partial charge in [0.25, 0.3) is 0 Å². The highest BCUT2D eigenvalue weighted by Gasteiger charge is 2.38. The fourth-order valence-corrected chi connectivity index (χ4v) is 0.980. The molecule has 0 aromatic rings. The van der Waals surface area contributed by atoms with Crippen LogP contribution in [0.1, 0.15) is 19.8 Å². The van der Waals surface area contributed by atoms with Crippen molar-refractivity contribution < 1.29 is 4.79 Å². The molecule has 2 heteroatoms. The first-order valence-corrected chi connectivity index (χ1v) is 3.15. The van der Waals surface area contributed by atoms with E-state index < -0.39 is 0 Å². The molecule has 1 rings (SSSR count). The van der Waals surface area contributed by atoms with Crippen LogP contribution in [-0.4, -0.2) is 5.78 Å². The third-order valence-electron chi connectivity index (χ3n) is 1.78. The zero-order valence-electron chi connectivity index (χ0n) is 5.42. The van der Waals surface area contributed by atoms with Crippen molar-refractivity contribution in [1.82, 2.24) is 0 Å². The predicted octanol–water partition coefficient (Wildman–Crippen LogP) is 1.13. The van der Waals surface area contributed by atoms with Gasteiger partial charge >= 0.3 is 0 Å². The summed E-state index contributed by atoms with van der Waals surface area (Å²) in [5.74, 6) is 0.903. The smallest absolute Gasteiger partial charge is 0.150 e. The highest BCUT2D eigenvalue weighted by Crippen LogP contribution is 2.38. The molecule has 0 aliphatic heterocycles. The minimum Gasteiger partial charge on any atom is -0.298 e. The average molecular weight is 123 g/mol. The van der Waals surface area contributed by atoms with E-state index in [1.807, 2.05) is 13.0 Å². The minimum absolute atomic E-state index is 0.106. The number of nitriles is 1. The van der Waals surface area contributed by atoms with Crippen LogP contribution in [0, 0.1) is 23.2 Å². The van der Waals surface area contributed by atoms with Gasteiger partial charge < -0.3 is 0 Å². The second-order valence-corrected chi connectivity index (χ2v) is 2.62. The van der Waals surface area contributed by atoms with Crippen LogP contribution in [0.5, 0.6) is 0 Å². The molecular formula is C7H9NO. The van der Waals surface area contributed by atoms with E-state index in [0.29, 0.717) is 5.92 Å². The molecule has 2 nitrogen and oxygen atoms in total. The lowest BCUT2D eigenvalue weighted by molar-refractivity contribution is -0.119. The van der Waals surface area contributed by atoms with Crippen LogP contribution >= 0.6 is 0 Å². The lowest BCUT2D eigenvalue weighted by atomic mass is 10.2. The number of rotatable bonds is 2. The van der Waals surface area contributed by atoms with Crippen molar-refractivity contribution >= 4 is 5.78 Å². The lowest BCUT2D eigenvalue weighted by Crippen LogP contribution is -1.98. The van der Waals surface area contributed by atoms with Crippen molar-refractivity contribution in [2.75, 3.05) is 0 Å². The molecule has 0 aromatic heterocycles. The molecular weight excluding hydrogens is 114 g/mol. The van der Waals surface area contributed by atoms with Crippen molar-refractivity contribution in [1.29, 1.82) is 5.26 Å². The van der Waals surface area contributed by atoms with Crippen molar-refractivity contribution in [2.45, 2.75) is 19.8 Å². The molecule has 0 radical (unpaired) electrons. The van der Waals surface area contributed by atoms with Crippen molar-refractivity contribution in [2.24, 2.45) is 11.8 Å². The Kier molecular flexibility index (Phi) is 1.52. The highest BCUT2D eigenvalue weighted by molar-refractivity contribution is 5.85. The van der Waals surface area contributed by atoms with Gasteiger partial charge in [0.1, 0.15) is 5.78 Å². The topological polar surface area (TPSA) is 40.9 Å². The summed E-state index contributed by atoms with van der Waals surface area (Å²) in [7, 11) is 0. The second-order valence-electron chi connectivity index (χ2n) is 2.62. The van der Waals surface area contributed by atoms with E-state index in [1.54, 1.807) is 0 Å². The quantitative estimate of drug-likeness (QED) is 0.552. The van der Waals surface area contributed by atoms with Gasteiger partial charge in [-0.25, -0.2) is 0 Å². The zero-order valence-corrected chi connectivity index (χ0v) is 5.42. The fourth-order valence-electron chi connectivity index (χ4n) is 0.980. The van der Waals surface area contributed by atoms with Gasteiger partial charge in [-0.2, -0.15) is 5.26 Å². The molecule has 0 N–H and O–H groups in total. The van der Waals surface area contributed by atoms with E-state index in [1.165, 1.54) is 0 Å². The average Bonchev–Trinajstić information content (AvgIpc) is 2.47. The Balaban J connectivity index is 2.30. The molecule has 0 heterocycles. The number of nitrogens with zero attached hydrogens (tertiary/aromatic N) is 1. The van der Waals surface area contributed by atoms with Crippen LogP contribution in [0.3, 0.4) is 0 Å². The molecule has 2 atom stereocenters. The number of ketones is 1. The Morgan fingerprint density at radius 3 is 2.78 bits per heavy atom. The normalized spacial score (nSPS) is 31.1. The minimum atomic E-state index is 0.106. The third kappa shape index (κ3) is 1.29. The standard InChI is InChI=1S/C7H9NO/c1-5-4-6(5)7(9)2-3-8/h5-6H,2,4H2,1H3/t5-,6+/m1/s1. The van der Waals surface area contributed by atoms with Crippen LogP contribution in [0.25, 0.3) is 0 Å². The second kappa shape index (κ2) is 2.18. The first-order valence-electron chi connectivity index (χ1n) is 3.15. The number of carbonyl (C=O) groups excluding carboxylic acids is 1. The molecule has 0 unspecified atom stereocenters. The predicted molar refractivity (Wildman–Crippen MR) is 32.5 cm³/mol. The SMILES string of the molecule is C[C@@H]1C[C@@H]1C(=O)CC#N. The number of carbonyl (C=O) groups is 1. The number of Topliss-reactive ketones (excluding diaryl/α,β-unsaturated/α-hetero) is 1. The molecule has 48 valence electrons. The van der Waals surface area contributed by atoms with Crippen LogP contribution in [0.4, 0.5) is 0 Å². The van der Waals surface area contributed by atoms with Gasteiger partial charge in [-0.05, 0) is 12.3 Å². The van der Waals surface area contributed by atoms with Gasteiger partial charge in [-0.15, -0.1) is 0 Å². The third-order valence-corrected chi connectivity index (χ3v) is 1.78. The molecule has 0 bridgehead atoms. The first-order chi connectivity index (χ1) is 4.25. The summed E-state index contributed by atoms with van der Waals surface area (Å²) in [6, 6.07) is 1.86. The zero-order chi connectivity index (χ0) is 6.85. The maximum Gasteiger partial charge on any atom is 0.150 e. The highest BCUT2D eigenvalue weighted by atomic mass is 16.1. The van der Waals surface area contributed by atoms with Crippen molar-refractivity contribution in [3.8, 4) is 6.07 Å². The van der Waals surface area contributed by atoms with E-state index in [2.05, 4.69) is 0 Å². The molecule has 0 amide bonds. The van der Waals surface area contributed by atoms with Gasteiger partial charge in [0, 0.05) is 5.92 Å². The van der Waals surface area contributed by atoms with Gasteiger partial charge in [-0.1, -0.05) is 6.92 Å². The number of hydrogen-bond acceptors (Lipinski definition) is 2. The van der Waals surface area contributed by atoms with Crippen LogP contribution in [0.15, 0.2) is 0 Å². The molecule has 1 fully saturated rings. The maximum atomic E-state index is 10.8. The monoisotopic (exact) mass is 123 g/mol. The van der Waals surface area contributed by atoms with Gasteiger partial charge in [0.2, 0.25) is 0 Å². The summed E-state index contributed by atoms with van der Waals surface area (Å²) < 4.78 is 0. The lowest BCUT2D eigenvalue weighted by Gasteiger charge is -1.86. The Morgan fingerprint density at radius 1 is 1.89 bits per heavy atom. The van der Waals surface area contributed by atoms with Crippen LogP contribution in [0.2, 0.25) is 0 Å². The summed E-state index contributed by atoms with van der Waals surface area (Å²) in [5, 5.41) is 8.13. The summed E-state index contributed by atoms with van der Waals surface area (Å²) in [4.78, 5) is 10.8. The Bertz CT molecular complexity index is 168. The van der Waals surface area contributed by atoms with E-state index in [0.717, 1.165) is 6.42 Å². The van der Waals surface area contributed by atoms with E-state index in [4.69, 9.17) is 5.26 Å². The van der Waals surface area contributed by atoms with E-state index in [-0.39, 0.29) is 18.1 Å². The van der Waals surface area contributed by atoms with Gasteiger partial charge in [0.15, 0.2) is 0 Å². The summed E-state index contributed by atoms with van der Waals surface area (Å²) in [6.07, 6.45) is 1.11. The fraction of sp³-hybridized carbons (Fsp3) is 0.714. The molecule has 1 saturated carbocycles. The summed E-state index contributed by atoms with van der Waals surface area (Å²) in [6.45, 7) is 2.04. The van der Waals surface area contributed by atoms with Crippen molar-refractivity contribution in [3.05, 3.63) is 0 Å². The van der Waals surface area contributed by atoms with Crippen molar-refractivity contribution in [3.63, 3.8) is 0 Å². The van der Waals surface area contributed by atoms with Gasteiger partial charge in [-0.3, -0.25) is 4.79 Å². The molecule has 0 saturated heterocycles. The molecule has 0 spiro atoms. The largest absolute Gasteiger partial charge is 0.298 e. The Morgan fingerprint density at radius 2 is 2.44 bits per heavy atom. The van der Waals surface area contributed by atoms with Gasteiger partial charge in [0.05, 0.1) is 12.5 Å². The molecule has 1 aliphatic rings. The summed E-state index contributed by atoms with van der Waals surface area (Å²) >= 11 is 0. The molecule has 1 aliphatic carbocycles. The Hall–Kier alpha value is -0.840. The molecule has 9 heavy (non-hydrogen) atoms. The Labute approximate surface area is 54.5 Å². The molecule has 0 aromatic carbocycles. The first kappa shape index (κ1) is 6.28. The van der Waals surface area contributed by atoms with Crippen LogP contribution in [-0.2, 0) is 4.79 Å². The maximum absolute atomic E-state index is 10.8. The van der Waals surface area contributed by atoms with E-state index in [9.17, 15) is 4.79 Å².